The van der Waals surface area contributed by atoms with E-state index in [1.54, 1.807) is 0 Å². The molecule has 1 fully saturated rings. The lowest BCUT2D eigenvalue weighted by atomic mass is 10.1. The maximum absolute atomic E-state index is 11.2. The first kappa shape index (κ1) is 11.5. The Morgan fingerprint density at radius 3 is 2.79 bits per heavy atom. The van der Waals surface area contributed by atoms with Crippen LogP contribution < -0.4 is 10.6 Å². The molecule has 1 aliphatic rings. The average molecular weight is 200 g/mol. The summed E-state index contributed by atoms with van der Waals surface area (Å²) < 4.78 is 5.32. The van der Waals surface area contributed by atoms with Gasteiger partial charge in [0.15, 0.2) is 0 Å². The Labute approximate surface area is 85.4 Å². The van der Waals surface area contributed by atoms with Crippen LogP contribution in [-0.4, -0.2) is 38.3 Å². The van der Waals surface area contributed by atoms with E-state index in [0.717, 1.165) is 26.1 Å². The first-order valence-corrected chi connectivity index (χ1v) is 5.27. The first-order valence-electron chi connectivity index (χ1n) is 5.27. The van der Waals surface area contributed by atoms with Gasteiger partial charge in [-0.25, -0.2) is 0 Å². The topological polar surface area (TPSA) is 50.4 Å². The van der Waals surface area contributed by atoms with Crippen LogP contribution in [0.3, 0.4) is 0 Å². The van der Waals surface area contributed by atoms with Gasteiger partial charge < -0.3 is 15.4 Å². The van der Waals surface area contributed by atoms with Gasteiger partial charge in [0, 0.05) is 19.6 Å². The summed E-state index contributed by atoms with van der Waals surface area (Å²) in [7, 11) is 0. The second-order valence-corrected chi connectivity index (χ2v) is 4.12. The number of ether oxygens (including phenoxy) is 1. The summed E-state index contributed by atoms with van der Waals surface area (Å²) in [6.45, 7) is 6.98. The zero-order chi connectivity index (χ0) is 10.4. The van der Waals surface area contributed by atoms with E-state index in [1.165, 1.54) is 0 Å². The Bertz CT molecular complexity index is 179. The van der Waals surface area contributed by atoms with Crippen LogP contribution in [0, 0.1) is 5.92 Å². The Kier molecular flexibility index (Phi) is 4.90. The van der Waals surface area contributed by atoms with Crippen molar-refractivity contribution in [3.8, 4) is 0 Å². The molecule has 82 valence electrons. The maximum atomic E-state index is 11.2. The predicted molar refractivity (Wildman–Crippen MR) is 55.1 cm³/mol. The summed E-state index contributed by atoms with van der Waals surface area (Å²) in [5.41, 5.74) is 0. The number of carbonyl (C=O) groups excluding carboxylic acids is 1. The number of rotatable bonds is 6. The third-order valence-electron chi connectivity index (χ3n) is 2.24. The maximum Gasteiger partial charge on any atom is 0.246 e. The number of hydrogen-bond acceptors (Lipinski definition) is 3. The Morgan fingerprint density at radius 1 is 1.57 bits per heavy atom. The highest BCUT2D eigenvalue weighted by molar-refractivity contribution is 5.77. The molecule has 1 heterocycles. The van der Waals surface area contributed by atoms with Crippen molar-refractivity contribution in [2.24, 2.45) is 5.92 Å². The van der Waals surface area contributed by atoms with E-state index < -0.39 is 0 Å². The number of hydrogen-bond donors (Lipinski definition) is 2. The number of amides is 1. The van der Waals surface area contributed by atoms with Gasteiger partial charge in [-0.2, -0.15) is 0 Å². The zero-order valence-corrected chi connectivity index (χ0v) is 9.01. The Hall–Kier alpha value is -0.610. The molecule has 1 aliphatic heterocycles. The van der Waals surface area contributed by atoms with E-state index in [-0.39, 0.29) is 18.6 Å². The third kappa shape index (κ3) is 4.58. The second kappa shape index (κ2) is 5.98. The molecule has 0 aromatic carbocycles. The molecule has 1 rings (SSSR count). The summed E-state index contributed by atoms with van der Waals surface area (Å²) in [5, 5.41) is 5.92. The van der Waals surface area contributed by atoms with Crippen LogP contribution in [0.5, 0.6) is 0 Å². The molecule has 4 heteroatoms. The highest BCUT2D eigenvalue weighted by Gasteiger charge is 2.17. The minimum absolute atomic E-state index is 0.00227. The number of carbonyl (C=O) groups is 1. The monoisotopic (exact) mass is 200 g/mol. The molecule has 0 aliphatic carbocycles. The minimum Gasteiger partial charge on any atom is -0.366 e. The van der Waals surface area contributed by atoms with E-state index in [9.17, 15) is 4.79 Å². The molecular formula is C10H20N2O2. The van der Waals surface area contributed by atoms with Gasteiger partial charge in [-0.15, -0.1) is 0 Å². The van der Waals surface area contributed by atoms with Crippen molar-refractivity contribution >= 4 is 5.91 Å². The summed E-state index contributed by atoms with van der Waals surface area (Å²) in [4.78, 5) is 11.2. The lowest BCUT2D eigenvalue weighted by molar-refractivity contribution is -0.128. The van der Waals surface area contributed by atoms with Crippen LogP contribution in [0.25, 0.3) is 0 Å². The highest BCUT2D eigenvalue weighted by Crippen LogP contribution is 1.98. The van der Waals surface area contributed by atoms with Crippen LogP contribution in [0.2, 0.25) is 0 Å². The lowest BCUT2D eigenvalue weighted by Gasteiger charge is -2.26. The molecule has 0 unspecified atom stereocenters. The zero-order valence-electron chi connectivity index (χ0n) is 9.01. The van der Waals surface area contributed by atoms with Crippen LogP contribution in [-0.2, 0) is 9.53 Å². The van der Waals surface area contributed by atoms with Crippen molar-refractivity contribution in [3.63, 3.8) is 0 Å². The first-order chi connectivity index (χ1) is 6.68. The molecule has 0 bridgehead atoms. The van der Waals surface area contributed by atoms with Crippen molar-refractivity contribution in [3.05, 3.63) is 0 Å². The van der Waals surface area contributed by atoms with E-state index in [2.05, 4.69) is 24.5 Å². The molecule has 0 aromatic heterocycles. The van der Waals surface area contributed by atoms with Gasteiger partial charge in [-0.3, -0.25) is 4.79 Å². The summed E-state index contributed by atoms with van der Waals surface area (Å²) >= 11 is 0. The molecule has 0 aromatic rings. The highest BCUT2D eigenvalue weighted by atomic mass is 16.5. The van der Waals surface area contributed by atoms with Gasteiger partial charge >= 0.3 is 0 Å². The molecule has 0 atom stereocenters. The third-order valence-corrected chi connectivity index (χ3v) is 2.24. The van der Waals surface area contributed by atoms with Gasteiger partial charge in [0.2, 0.25) is 5.91 Å². The van der Waals surface area contributed by atoms with Crippen molar-refractivity contribution in [1.29, 1.82) is 0 Å². The van der Waals surface area contributed by atoms with Gasteiger partial charge in [0.05, 0.1) is 6.10 Å². The van der Waals surface area contributed by atoms with Crippen LogP contribution in [0.1, 0.15) is 20.3 Å². The molecule has 1 amide bonds. The van der Waals surface area contributed by atoms with Gasteiger partial charge in [-0.1, -0.05) is 13.8 Å². The van der Waals surface area contributed by atoms with E-state index >= 15 is 0 Å². The van der Waals surface area contributed by atoms with E-state index in [0.29, 0.717) is 5.92 Å². The van der Waals surface area contributed by atoms with Crippen molar-refractivity contribution in [2.75, 3.05) is 26.2 Å². The van der Waals surface area contributed by atoms with Crippen LogP contribution in [0.15, 0.2) is 0 Å². The standard InChI is InChI=1S/C10H20N2O2/c1-8(2)3-4-12-10(13)7-14-9-5-11-6-9/h8-9,11H,3-7H2,1-2H3,(H,12,13). The van der Waals surface area contributed by atoms with Crippen molar-refractivity contribution in [2.45, 2.75) is 26.4 Å². The lowest BCUT2D eigenvalue weighted by Crippen LogP contribution is -2.49. The normalized spacial score (nSPS) is 16.8. The van der Waals surface area contributed by atoms with Crippen LogP contribution in [0.4, 0.5) is 0 Å². The Morgan fingerprint density at radius 2 is 2.29 bits per heavy atom. The van der Waals surface area contributed by atoms with Crippen molar-refractivity contribution in [1.82, 2.24) is 10.6 Å². The van der Waals surface area contributed by atoms with Crippen LogP contribution >= 0.6 is 0 Å². The summed E-state index contributed by atoms with van der Waals surface area (Å²) in [6.07, 6.45) is 1.27. The smallest absolute Gasteiger partial charge is 0.246 e. The van der Waals surface area contributed by atoms with Gasteiger partial charge in [0.25, 0.3) is 0 Å². The molecule has 14 heavy (non-hydrogen) atoms. The largest absolute Gasteiger partial charge is 0.366 e. The summed E-state index contributed by atoms with van der Waals surface area (Å²) in [6, 6.07) is 0. The van der Waals surface area contributed by atoms with E-state index in [1.807, 2.05) is 0 Å². The molecule has 4 nitrogen and oxygen atoms in total. The fraction of sp³-hybridized carbons (Fsp3) is 0.900. The SMILES string of the molecule is CC(C)CCNC(=O)COC1CNC1. The van der Waals surface area contributed by atoms with Gasteiger partial charge in [0.1, 0.15) is 6.61 Å². The fourth-order valence-corrected chi connectivity index (χ4v) is 1.12. The molecule has 1 saturated heterocycles. The molecular weight excluding hydrogens is 180 g/mol. The quantitative estimate of drug-likeness (QED) is 0.641. The molecule has 0 radical (unpaired) electrons. The minimum atomic E-state index is -0.00227. The Balaban J connectivity index is 1.92. The molecule has 0 saturated carbocycles. The van der Waals surface area contributed by atoms with Gasteiger partial charge in [-0.05, 0) is 12.3 Å². The fourth-order valence-electron chi connectivity index (χ4n) is 1.12. The van der Waals surface area contributed by atoms with E-state index in [4.69, 9.17) is 4.74 Å². The predicted octanol–water partition coefficient (Wildman–Crippen LogP) is 0.137. The molecule has 2 N–H and O–H groups in total. The average Bonchev–Trinajstić information content (AvgIpc) is 2.00. The number of nitrogens with one attached hydrogen (secondary N) is 2. The molecule has 0 spiro atoms. The summed E-state index contributed by atoms with van der Waals surface area (Å²) in [5.74, 6) is 0.629. The van der Waals surface area contributed by atoms with Crippen molar-refractivity contribution < 1.29 is 9.53 Å². The second-order valence-electron chi connectivity index (χ2n) is 4.12.